The fraction of sp³-hybridized carbons (Fsp3) is 0.438. The number of hydrogen-bond acceptors (Lipinski definition) is 2. The molecule has 0 atom stereocenters. The number of rotatable bonds is 5. The molecule has 8 radical (unpaired) electrons. The van der Waals surface area contributed by atoms with Crippen LogP contribution in [0.4, 0.5) is 0 Å². The van der Waals surface area contributed by atoms with Gasteiger partial charge in [-0.05, 0) is 54.0 Å². The molecule has 1 saturated carbocycles. The molecule has 1 aliphatic rings. The fourth-order valence-electron chi connectivity index (χ4n) is 3.17. The molecule has 2 aromatic rings. The van der Waals surface area contributed by atoms with Crippen LogP contribution in [0.5, 0.6) is 0 Å². The van der Waals surface area contributed by atoms with E-state index in [-0.39, 0.29) is 29.1 Å². The Kier molecular flexibility index (Phi) is 47.0. The molecule has 0 spiro atoms. The van der Waals surface area contributed by atoms with Crippen molar-refractivity contribution < 1.29 is 21.7 Å². The summed E-state index contributed by atoms with van der Waals surface area (Å²) in [6.45, 7) is 12.8. The van der Waals surface area contributed by atoms with Crippen LogP contribution in [0.1, 0.15) is 41.5 Å². The van der Waals surface area contributed by atoms with E-state index in [1.54, 1.807) is 0 Å². The third-order valence-electron chi connectivity index (χ3n) is 4.78. The Morgan fingerprint density at radius 2 is 0.900 bits per heavy atom. The number of hydrogen-bond donors (Lipinski definition) is 0. The van der Waals surface area contributed by atoms with Gasteiger partial charge >= 0.3 is 35.8 Å². The molecule has 3 rings (SSSR count). The number of nitrogens with zero attached hydrogens (tertiary/aromatic N) is 1. The van der Waals surface area contributed by atoms with E-state index in [2.05, 4.69) is 101 Å². The zero-order valence-corrected chi connectivity index (χ0v) is 34.9. The van der Waals surface area contributed by atoms with Crippen LogP contribution in [0.25, 0.3) is 5.16 Å². The van der Waals surface area contributed by atoms with Crippen LogP contribution in [0.2, 0.25) is 28.9 Å². The van der Waals surface area contributed by atoms with Crippen LogP contribution >= 0.6 is 17.2 Å². The first-order valence-electron chi connectivity index (χ1n) is 13.5. The minimum absolute atomic E-state index is 0. The average Bonchev–Trinajstić information content (AvgIpc) is 3.47. The summed E-state index contributed by atoms with van der Waals surface area (Å²) in [5.41, 5.74) is 1.34. The van der Waals surface area contributed by atoms with E-state index < -0.39 is 7.05 Å². The van der Waals surface area contributed by atoms with Crippen LogP contribution in [0, 0.1) is 39.5 Å². The van der Waals surface area contributed by atoms with E-state index in [0.717, 1.165) is 35.3 Å². The normalized spacial score (nSPS) is 10.9. The van der Waals surface area contributed by atoms with Gasteiger partial charge in [-0.25, -0.2) is 17.2 Å². The van der Waals surface area contributed by atoms with E-state index in [9.17, 15) is 5.16 Å². The van der Waals surface area contributed by atoms with Gasteiger partial charge in [-0.15, -0.1) is 28.9 Å². The Morgan fingerprint density at radius 1 is 0.625 bits per heavy atom. The average molecular weight is 677 g/mol. The maximum absolute atomic E-state index is 10.4. The fourth-order valence-corrected chi connectivity index (χ4v) is 8.77. The summed E-state index contributed by atoms with van der Waals surface area (Å²) in [6, 6.07) is 20.1. The summed E-state index contributed by atoms with van der Waals surface area (Å²) in [6.07, 6.45) is 10.0. The molecule has 216 valence electrons. The molecule has 1 nitrogen and oxygen atoms in total. The van der Waals surface area contributed by atoms with Crippen molar-refractivity contribution in [1.82, 2.24) is 0 Å². The standard InChI is InChI=1S/C9H21NP.2C6H6S.C5H5.6CH3.3Al.Ti/c1-7(2)11(10,8(3)4)9(5)6;2*7-6-4-2-1-3-5-6;1-2-4-5-3-1;;;;;;;;;;/h7-9H,1-6H3;2*1-5,7H;1-5H;6*1H3;;;;/q-1;;;;;;;;;-1;;;+1;+4/p-2. The first-order chi connectivity index (χ1) is 18.0. The Bertz CT molecular complexity index is 725. The second-order valence-corrected chi connectivity index (χ2v) is 19.9. The second kappa shape index (κ2) is 36.7. The summed E-state index contributed by atoms with van der Waals surface area (Å²) in [5, 5.41) is 10.4. The zero-order chi connectivity index (χ0) is 29.8. The van der Waals surface area contributed by atoms with E-state index in [4.69, 9.17) is 12.6 Å². The molecule has 40 heavy (non-hydrogen) atoms. The Labute approximate surface area is 295 Å². The largest absolute Gasteiger partial charge is 4.00 e. The van der Waals surface area contributed by atoms with Gasteiger partial charge < -0.3 is 25.2 Å². The third kappa shape index (κ3) is 31.0. The molecular weight excluding hydrogens is 622 g/mol. The second-order valence-electron chi connectivity index (χ2n) is 9.17. The molecule has 0 heterocycles. The summed E-state index contributed by atoms with van der Waals surface area (Å²) >= 11 is 6.85. The van der Waals surface area contributed by atoms with E-state index in [0.29, 0.717) is 31.1 Å². The van der Waals surface area contributed by atoms with Crippen molar-refractivity contribution in [3.8, 4) is 0 Å². The zero-order valence-electron chi connectivity index (χ0n) is 27.3. The van der Waals surface area contributed by atoms with Crippen LogP contribution in [0.15, 0.2) is 70.5 Å². The Hall–Kier alpha value is 1.55. The van der Waals surface area contributed by atoms with Crippen molar-refractivity contribution in [2.45, 2.75) is 97.2 Å². The first kappa shape index (κ1) is 51.1. The van der Waals surface area contributed by atoms with E-state index >= 15 is 0 Å². The molecule has 0 bridgehead atoms. The molecule has 0 N–H and O–H groups in total. The maximum Gasteiger partial charge on any atom is 4.00 e. The van der Waals surface area contributed by atoms with Gasteiger partial charge in [-0.2, -0.15) is 4.90 Å². The molecule has 0 saturated heterocycles. The maximum atomic E-state index is 10.4. The van der Waals surface area contributed by atoms with Gasteiger partial charge in [-0.1, -0.05) is 102 Å². The predicted octanol–water partition coefficient (Wildman–Crippen LogP) is 11.1. The SMILES string of the molecule is CC(C)P(=[N-])(C(C)C)C(C)C.[CH3-].[CH3][Al][CH3].[CH3][Al][CH3].[CH3][Al][S]c1ccccc1.[CH]1[CH][CH][CH][CH]1.[S-]c1ccccc1.[Ti+4]. The Balaban J connectivity index is -0.000000128. The monoisotopic (exact) mass is 676 g/mol. The molecule has 1 aliphatic carbocycles. The summed E-state index contributed by atoms with van der Waals surface area (Å²) in [7, 11) is 0.273. The van der Waals surface area contributed by atoms with Crippen LogP contribution in [0.3, 0.4) is 0 Å². The van der Waals surface area contributed by atoms with Crippen molar-refractivity contribution >= 4 is 74.3 Å². The van der Waals surface area contributed by atoms with E-state index in [1.807, 2.05) is 72.6 Å². The minimum atomic E-state index is -1.69. The molecule has 0 aliphatic heterocycles. The van der Waals surface area contributed by atoms with Crippen molar-refractivity contribution in [2.24, 2.45) is 0 Å². The van der Waals surface area contributed by atoms with Crippen molar-refractivity contribution in [1.29, 1.82) is 0 Å². The van der Waals surface area contributed by atoms with Gasteiger partial charge in [0, 0.05) is 0 Å². The first-order valence-corrected chi connectivity index (χ1v) is 23.9. The Morgan fingerprint density at radius 3 is 1.07 bits per heavy atom. The molecule has 8 heteroatoms. The van der Waals surface area contributed by atoms with Gasteiger partial charge in [0.2, 0.25) is 0 Å². The molecule has 0 amide bonds. The van der Waals surface area contributed by atoms with Crippen molar-refractivity contribution in [3.05, 3.63) is 105 Å². The molecule has 0 unspecified atom stereocenters. The third-order valence-corrected chi connectivity index (χ3v) is 12.3. The summed E-state index contributed by atoms with van der Waals surface area (Å²) in [4.78, 5) is 2.30. The topological polar surface area (TPSA) is 22.3 Å². The van der Waals surface area contributed by atoms with Gasteiger partial charge in [0.1, 0.15) is 0 Å². The van der Waals surface area contributed by atoms with Gasteiger partial charge in [0.05, 0.1) is 0 Å². The van der Waals surface area contributed by atoms with Crippen molar-refractivity contribution in [2.75, 3.05) is 0 Å². The molecular formula is C32H54Al3NPS2Ti+. The van der Waals surface area contributed by atoms with Crippen LogP contribution < -0.4 is 0 Å². The summed E-state index contributed by atoms with van der Waals surface area (Å²) < 4.78 is 0. The minimum Gasteiger partial charge on any atom is -0.807 e. The molecule has 0 aromatic heterocycles. The molecule has 2 aromatic carbocycles. The van der Waals surface area contributed by atoms with Gasteiger partial charge in [0.25, 0.3) is 0 Å². The predicted molar refractivity (Wildman–Crippen MR) is 195 cm³/mol. The number of benzene rings is 2. The molecule has 1 fully saturated rings. The van der Waals surface area contributed by atoms with Crippen LogP contribution in [-0.2, 0) is 34.3 Å². The van der Waals surface area contributed by atoms with Crippen molar-refractivity contribution in [3.63, 3.8) is 0 Å². The van der Waals surface area contributed by atoms with Gasteiger partial charge in [-0.3, -0.25) is 0 Å². The smallest absolute Gasteiger partial charge is 0.807 e. The quantitative estimate of drug-likeness (QED) is 0.136. The van der Waals surface area contributed by atoms with Crippen LogP contribution in [-0.4, -0.2) is 61.5 Å². The van der Waals surface area contributed by atoms with E-state index in [1.165, 1.54) is 4.90 Å². The van der Waals surface area contributed by atoms with Gasteiger partial charge in [0.15, 0.2) is 30.4 Å². The summed E-state index contributed by atoms with van der Waals surface area (Å²) in [5.74, 6) is 11.1.